The lowest BCUT2D eigenvalue weighted by Gasteiger charge is -2.41. The Morgan fingerprint density at radius 2 is 1.61 bits per heavy atom. The summed E-state index contributed by atoms with van der Waals surface area (Å²) in [7, 11) is 0. The summed E-state index contributed by atoms with van der Waals surface area (Å²) in [6.45, 7) is -0.914. The predicted molar refractivity (Wildman–Crippen MR) is 135 cm³/mol. The quantitative estimate of drug-likeness (QED) is 0.309. The van der Waals surface area contributed by atoms with Crippen molar-refractivity contribution < 1.29 is 29.1 Å². The number of aromatic nitrogens is 4. The highest BCUT2D eigenvalue weighted by Gasteiger charge is 2.56. The molecule has 14 nitrogen and oxygen atoms in total. The van der Waals surface area contributed by atoms with Gasteiger partial charge in [0.2, 0.25) is 0 Å². The van der Waals surface area contributed by atoms with Gasteiger partial charge in [-0.15, -0.1) is 0 Å². The summed E-state index contributed by atoms with van der Waals surface area (Å²) in [6.07, 6.45) is -1.98. The van der Waals surface area contributed by atoms with Gasteiger partial charge in [-0.2, -0.15) is 0 Å². The third-order valence-corrected chi connectivity index (χ3v) is 12.6. The van der Waals surface area contributed by atoms with Crippen LogP contribution < -0.4 is 27.4 Å². The molecule has 3 aliphatic heterocycles. The number of aromatic amines is 2. The zero-order valence-corrected chi connectivity index (χ0v) is 22.4. The van der Waals surface area contributed by atoms with Gasteiger partial charge >= 0.3 is 11.4 Å². The summed E-state index contributed by atoms with van der Waals surface area (Å²) in [5, 5.41) is 20.8. The Kier molecular flexibility index (Phi) is 7.57. The first-order valence-electron chi connectivity index (χ1n) is 12.2. The molecule has 3 saturated heterocycles. The normalized spacial score (nSPS) is 35.6. The van der Waals surface area contributed by atoms with Crippen molar-refractivity contribution >= 4 is 18.3 Å². The first-order valence-corrected chi connectivity index (χ1v) is 15.5. The van der Waals surface area contributed by atoms with Crippen LogP contribution in [0, 0.1) is 13.8 Å². The van der Waals surface area contributed by atoms with Crippen LogP contribution in [0.5, 0.6) is 0 Å². The molecular formula is C22H29N4O10PS. The molecule has 1 unspecified atom stereocenters. The van der Waals surface area contributed by atoms with Crippen LogP contribution in [-0.2, 0) is 14.0 Å². The molecule has 16 heteroatoms. The third-order valence-electron chi connectivity index (χ3n) is 7.16. The largest absolute Gasteiger partial charge is 0.646 e. The van der Waals surface area contributed by atoms with E-state index in [0.29, 0.717) is 23.3 Å². The van der Waals surface area contributed by atoms with Gasteiger partial charge < -0.3 is 24.6 Å². The van der Waals surface area contributed by atoms with E-state index >= 15 is 0 Å². The maximum absolute atomic E-state index is 14.1. The predicted octanol–water partition coefficient (Wildman–Crippen LogP) is -1.35. The van der Waals surface area contributed by atoms with Gasteiger partial charge in [0.15, 0.2) is 6.92 Å². The van der Waals surface area contributed by atoms with Crippen molar-refractivity contribution in [2.75, 3.05) is 12.4 Å². The average molecular weight is 573 g/mol. The number of aryl methyl sites for hydroxylation is 2. The lowest BCUT2D eigenvalue weighted by molar-refractivity contribution is -0.199. The molecule has 8 atom stereocenters. The second-order valence-electron chi connectivity index (χ2n) is 9.74. The van der Waals surface area contributed by atoms with Crippen molar-refractivity contribution in [1.82, 2.24) is 19.1 Å². The number of nitrogens with zero attached hydrogens (tertiary/aromatic N) is 2. The van der Waals surface area contributed by atoms with Crippen LogP contribution in [0.25, 0.3) is 0 Å². The summed E-state index contributed by atoms with van der Waals surface area (Å²) in [5.74, 6) is 0.425. The highest BCUT2D eigenvalue weighted by molar-refractivity contribution is 8.58. The van der Waals surface area contributed by atoms with Gasteiger partial charge in [-0.25, -0.2) is 14.1 Å². The van der Waals surface area contributed by atoms with Gasteiger partial charge in [-0.3, -0.25) is 28.7 Å². The van der Waals surface area contributed by atoms with Gasteiger partial charge in [0.1, 0.15) is 36.4 Å². The SMILES string of the molecule is Cc1cn([C@H]2C[C@H](O)[C@@H]([C@@H]3CCS[P+]([O-])([C@H]4C[C@H](n5cc(C)c(=O)[nH]c5=O)O[C@@H]4CO)O3)O2)c(=O)[nH]c1=O. The number of aliphatic hydroxyl groups is 2. The first kappa shape index (κ1) is 27.5. The summed E-state index contributed by atoms with van der Waals surface area (Å²) in [6, 6.07) is 0. The minimum Gasteiger partial charge on any atom is -0.646 e. The summed E-state index contributed by atoms with van der Waals surface area (Å²) in [5.41, 5.74) is -2.54. The van der Waals surface area contributed by atoms with E-state index in [1.807, 2.05) is 0 Å². The fourth-order valence-corrected chi connectivity index (χ4v) is 10.6. The highest BCUT2D eigenvalue weighted by atomic mass is 32.7. The first-order chi connectivity index (χ1) is 18.0. The summed E-state index contributed by atoms with van der Waals surface area (Å²) < 4.78 is 20.4. The Morgan fingerprint density at radius 1 is 1.03 bits per heavy atom. The zero-order valence-electron chi connectivity index (χ0n) is 20.6. The smallest absolute Gasteiger partial charge is 0.330 e. The van der Waals surface area contributed by atoms with Crippen LogP contribution in [0.2, 0.25) is 0 Å². The van der Waals surface area contributed by atoms with Gasteiger partial charge in [-0.05, 0) is 20.3 Å². The fraction of sp³-hybridized carbons (Fsp3) is 0.636. The van der Waals surface area contributed by atoms with Crippen LogP contribution >= 0.6 is 18.3 Å². The minimum absolute atomic E-state index is 0.0652. The van der Waals surface area contributed by atoms with Crippen molar-refractivity contribution in [3.8, 4) is 0 Å². The molecule has 0 aromatic carbocycles. The van der Waals surface area contributed by atoms with Crippen molar-refractivity contribution in [2.45, 2.75) is 75.6 Å². The Labute approximate surface area is 219 Å². The number of ether oxygens (including phenoxy) is 2. The van der Waals surface area contributed by atoms with E-state index in [0.717, 1.165) is 11.4 Å². The molecule has 208 valence electrons. The molecule has 0 radical (unpaired) electrons. The number of hydrogen-bond acceptors (Lipinski definition) is 11. The zero-order chi connectivity index (χ0) is 27.4. The van der Waals surface area contributed by atoms with Gasteiger partial charge in [0, 0.05) is 53.5 Å². The molecular weight excluding hydrogens is 543 g/mol. The Bertz CT molecular complexity index is 1440. The molecule has 0 amide bonds. The van der Waals surface area contributed by atoms with E-state index < -0.39 is 78.6 Å². The van der Waals surface area contributed by atoms with E-state index in [1.54, 1.807) is 13.8 Å². The number of rotatable bonds is 5. The molecule has 4 N–H and O–H groups in total. The number of aliphatic hydroxyl groups excluding tert-OH is 2. The van der Waals surface area contributed by atoms with Crippen molar-refractivity contribution in [2.24, 2.45) is 0 Å². The average Bonchev–Trinajstić information content (AvgIpc) is 3.48. The molecule has 5 heterocycles. The molecule has 0 bridgehead atoms. The topological polar surface area (TPSA) is 201 Å². The highest BCUT2D eigenvalue weighted by Crippen LogP contribution is 2.74. The second kappa shape index (κ2) is 10.5. The fourth-order valence-electron chi connectivity index (χ4n) is 5.13. The maximum atomic E-state index is 14.1. The second-order valence-corrected chi connectivity index (χ2v) is 14.7. The van der Waals surface area contributed by atoms with Crippen LogP contribution in [0.15, 0.2) is 31.6 Å². The third kappa shape index (κ3) is 4.97. The van der Waals surface area contributed by atoms with Gasteiger partial charge in [0.05, 0.1) is 12.7 Å². The number of nitrogens with one attached hydrogen (secondary N) is 2. The molecule has 2 aromatic rings. The molecule has 38 heavy (non-hydrogen) atoms. The van der Waals surface area contributed by atoms with Crippen molar-refractivity contribution in [3.05, 3.63) is 65.2 Å². The van der Waals surface area contributed by atoms with Crippen LogP contribution in [-0.4, -0.2) is 71.7 Å². The lowest BCUT2D eigenvalue weighted by atomic mass is 10.1. The monoisotopic (exact) mass is 572 g/mol. The lowest BCUT2D eigenvalue weighted by Crippen LogP contribution is -2.43. The molecule has 0 saturated carbocycles. The van der Waals surface area contributed by atoms with Gasteiger partial charge in [-0.1, -0.05) is 0 Å². The number of hydrogen-bond donors (Lipinski definition) is 4. The number of H-pyrrole nitrogens is 2. The van der Waals surface area contributed by atoms with E-state index in [9.17, 15) is 34.3 Å². The minimum atomic E-state index is -3.54. The maximum Gasteiger partial charge on any atom is 0.330 e. The van der Waals surface area contributed by atoms with E-state index in [1.165, 1.54) is 21.5 Å². The molecule has 0 aliphatic carbocycles. The van der Waals surface area contributed by atoms with Crippen molar-refractivity contribution in [3.63, 3.8) is 0 Å². The molecule has 2 aromatic heterocycles. The Hall–Kier alpha value is -2.10. The van der Waals surface area contributed by atoms with Gasteiger partial charge in [0.25, 0.3) is 11.1 Å². The molecule has 0 spiro atoms. The van der Waals surface area contributed by atoms with E-state index in [2.05, 4.69) is 9.97 Å². The van der Waals surface area contributed by atoms with Crippen LogP contribution in [0.3, 0.4) is 0 Å². The van der Waals surface area contributed by atoms with E-state index in [-0.39, 0.29) is 12.8 Å². The molecule has 3 aliphatic rings. The van der Waals surface area contributed by atoms with Crippen LogP contribution in [0.4, 0.5) is 0 Å². The Balaban J connectivity index is 1.35. The molecule has 5 rings (SSSR count). The summed E-state index contributed by atoms with van der Waals surface area (Å²) in [4.78, 5) is 66.7. The van der Waals surface area contributed by atoms with Crippen molar-refractivity contribution in [1.29, 1.82) is 0 Å². The van der Waals surface area contributed by atoms with Crippen LogP contribution in [0.1, 0.15) is 42.8 Å². The van der Waals surface area contributed by atoms with E-state index in [4.69, 9.17) is 14.0 Å². The summed E-state index contributed by atoms with van der Waals surface area (Å²) >= 11 is 1.12. The standard InChI is InChI=1S/C22H29N4O10PS/c1-10-7-25(21(31)23-19(10)29)16-5-12(28)18(35-16)13-3-4-38-37(33,36-13)15-6-17(34-14(15)9-27)26-8-11(2)20(30)24-22(26)32/h7-8,12-18,27-28H,3-6,9H2,1-2H3,(H,23,29,31)(H,24,30,32)/t12-,13-,14+,15-,16+,17+,18-,37?/m0/s1. The Morgan fingerprint density at radius 3 is 2.18 bits per heavy atom. The molecule has 3 fully saturated rings.